The van der Waals surface area contributed by atoms with Crippen molar-refractivity contribution in [3.63, 3.8) is 0 Å². The molecule has 1 N–H and O–H groups in total. The molecular weight excluding hydrogens is 264 g/mol. The van der Waals surface area contributed by atoms with Crippen LogP contribution in [0, 0.1) is 0 Å². The molecule has 1 saturated heterocycles. The van der Waals surface area contributed by atoms with Gasteiger partial charge in [0.05, 0.1) is 13.3 Å². The molecule has 1 aliphatic carbocycles. The number of aromatic nitrogens is 2. The van der Waals surface area contributed by atoms with E-state index in [1.807, 2.05) is 0 Å². The quantitative estimate of drug-likeness (QED) is 0.893. The van der Waals surface area contributed by atoms with Crippen molar-refractivity contribution < 1.29 is 4.74 Å². The van der Waals surface area contributed by atoms with Gasteiger partial charge in [-0.25, -0.2) is 4.98 Å². The van der Waals surface area contributed by atoms with Gasteiger partial charge in [-0.05, 0) is 32.2 Å². The zero-order chi connectivity index (χ0) is 13.2. The van der Waals surface area contributed by atoms with Crippen LogP contribution in [0.2, 0.25) is 5.02 Å². The molecule has 0 amide bonds. The summed E-state index contributed by atoms with van der Waals surface area (Å²) in [5.41, 5.74) is 0. The number of hydrogen-bond acceptors (Lipinski definition) is 5. The summed E-state index contributed by atoms with van der Waals surface area (Å²) >= 11 is 6.26. The zero-order valence-electron chi connectivity index (χ0n) is 11.1. The van der Waals surface area contributed by atoms with Crippen LogP contribution in [-0.2, 0) is 0 Å². The Balaban J connectivity index is 1.82. The van der Waals surface area contributed by atoms with Crippen LogP contribution < -0.4 is 15.0 Å². The van der Waals surface area contributed by atoms with Crippen LogP contribution in [0.15, 0.2) is 6.20 Å². The summed E-state index contributed by atoms with van der Waals surface area (Å²) < 4.78 is 5.11. The van der Waals surface area contributed by atoms with E-state index < -0.39 is 0 Å². The van der Waals surface area contributed by atoms with Crippen molar-refractivity contribution in [3.05, 3.63) is 11.2 Å². The van der Waals surface area contributed by atoms with Gasteiger partial charge >= 0.3 is 6.01 Å². The van der Waals surface area contributed by atoms with Gasteiger partial charge < -0.3 is 15.0 Å². The predicted molar refractivity (Wildman–Crippen MR) is 75.0 cm³/mol. The molecule has 5 nitrogen and oxygen atoms in total. The third-order valence-electron chi connectivity index (χ3n) is 3.73. The Bertz CT molecular complexity index is 446. The van der Waals surface area contributed by atoms with E-state index in [-0.39, 0.29) is 0 Å². The lowest BCUT2D eigenvalue weighted by atomic mass is 10.2. The first-order valence-corrected chi connectivity index (χ1v) is 7.22. The number of halogens is 1. The first kappa shape index (κ1) is 12.9. The second-order valence-electron chi connectivity index (χ2n) is 5.21. The summed E-state index contributed by atoms with van der Waals surface area (Å²) in [5.74, 6) is 0.810. The number of hydrogen-bond donors (Lipinski definition) is 1. The number of methoxy groups -OCH3 is 1. The molecule has 2 aliphatic rings. The molecule has 6 heteroatoms. The van der Waals surface area contributed by atoms with Crippen LogP contribution >= 0.6 is 11.6 Å². The van der Waals surface area contributed by atoms with E-state index in [0.29, 0.717) is 23.1 Å². The van der Waals surface area contributed by atoms with E-state index in [4.69, 9.17) is 16.3 Å². The molecule has 0 aromatic carbocycles. The molecule has 2 heterocycles. The van der Waals surface area contributed by atoms with Gasteiger partial charge in [-0.2, -0.15) is 4.98 Å². The SMILES string of the molecule is COc1ncc(Cl)c(N(CC2CCCN2)C2CC2)n1. The lowest BCUT2D eigenvalue weighted by molar-refractivity contribution is 0.379. The number of rotatable bonds is 5. The smallest absolute Gasteiger partial charge is 0.318 e. The van der Waals surface area contributed by atoms with E-state index in [1.165, 1.54) is 25.7 Å². The molecule has 1 unspecified atom stereocenters. The van der Waals surface area contributed by atoms with Crippen LogP contribution in [0.5, 0.6) is 6.01 Å². The maximum atomic E-state index is 6.26. The second-order valence-corrected chi connectivity index (χ2v) is 5.61. The first-order chi connectivity index (χ1) is 9.28. The Morgan fingerprint density at radius 2 is 2.32 bits per heavy atom. The molecule has 1 atom stereocenters. The third kappa shape index (κ3) is 2.92. The highest BCUT2D eigenvalue weighted by Crippen LogP contribution is 2.35. The summed E-state index contributed by atoms with van der Waals surface area (Å²) in [6.07, 6.45) is 6.54. The summed E-state index contributed by atoms with van der Waals surface area (Å²) in [7, 11) is 1.58. The van der Waals surface area contributed by atoms with E-state index >= 15 is 0 Å². The average Bonchev–Trinajstić information content (AvgIpc) is 3.14. The molecule has 2 fully saturated rings. The van der Waals surface area contributed by atoms with Crippen LogP contribution in [-0.4, -0.2) is 42.3 Å². The standard InChI is InChI=1S/C13H19ClN4O/c1-19-13-16-7-11(14)12(17-13)18(10-4-5-10)8-9-3-2-6-15-9/h7,9-10,15H,2-6,8H2,1H3. The fourth-order valence-electron chi connectivity index (χ4n) is 2.59. The van der Waals surface area contributed by atoms with Crippen molar-refractivity contribution in [1.29, 1.82) is 0 Å². The Labute approximate surface area is 118 Å². The molecule has 1 aromatic heterocycles. The molecule has 1 saturated carbocycles. The predicted octanol–water partition coefficient (Wildman–Crippen LogP) is 1.86. The van der Waals surface area contributed by atoms with Crippen molar-refractivity contribution in [3.8, 4) is 6.01 Å². The van der Waals surface area contributed by atoms with Gasteiger partial charge in [0.2, 0.25) is 0 Å². The van der Waals surface area contributed by atoms with E-state index in [1.54, 1.807) is 13.3 Å². The van der Waals surface area contributed by atoms with Gasteiger partial charge in [0, 0.05) is 18.6 Å². The van der Waals surface area contributed by atoms with Gasteiger partial charge in [0.25, 0.3) is 0 Å². The van der Waals surface area contributed by atoms with Gasteiger partial charge in [0.1, 0.15) is 5.02 Å². The van der Waals surface area contributed by atoms with Crippen molar-refractivity contribution in [2.45, 2.75) is 37.8 Å². The highest BCUT2D eigenvalue weighted by Gasteiger charge is 2.33. The van der Waals surface area contributed by atoms with Crippen LogP contribution in [0.25, 0.3) is 0 Å². The van der Waals surface area contributed by atoms with E-state index in [0.717, 1.165) is 18.9 Å². The molecule has 0 bridgehead atoms. The second kappa shape index (κ2) is 5.51. The highest BCUT2D eigenvalue weighted by molar-refractivity contribution is 6.32. The molecule has 19 heavy (non-hydrogen) atoms. The minimum atomic E-state index is 0.379. The van der Waals surface area contributed by atoms with E-state index in [2.05, 4.69) is 20.2 Å². The lowest BCUT2D eigenvalue weighted by Crippen LogP contribution is -2.39. The van der Waals surface area contributed by atoms with Crippen molar-refractivity contribution >= 4 is 17.4 Å². The monoisotopic (exact) mass is 282 g/mol. The number of anilines is 1. The number of ether oxygens (including phenoxy) is 1. The average molecular weight is 283 g/mol. The Morgan fingerprint density at radius 1 is 1.47 bits per heavy atom. The Hall–Kier alpha value is -1.07. The van der Waals surface area contributed by atoms with Gasteiger partial charge in [0.15, 0.2) is 5.82 Å². The number of nitrogens with one attached hydrogen (secondary N) is 1. The molecule has 0 radical (unpaired) electrons. The van der Waals surface area contributed by atoms with Crippen molar-refractivity contribution in [2.24, 2.45) is 0 Å². The zero-order valence-corrected chi connectivity index (χ0v) is 11.9. The first-order valence-electron chi connectivity index (χ1n) is 6.84. The summed E-state index contributed by atoms with van der Waals surface area (Å²) in [4.78, 5) is 10.8. The van der Waals surface area contributed by atoms with Crippen molar-refractivity contribution in [1.82, 2.24) is 15.3 Å². The number of nitrogens with zero attached hydrogens (tertiary/aromatic N) is 3. The lowest BCUT2D eigenvalue weighted by Gasteiger charge is -2.27. The normalized spacial score (nSPS) is 22.5. The highest BCUT2D eigenvalue weighted by atomic mass is 35.5. The largest absolute Gasteiger partial charge is 0.467 e. The fraction of sp³-hybridized carbons (Fsp3) is 0.692. The van der Waals surface area contributed by atoms with Crippen molar-refractivity contribution in [2.75, 3.05) is 25.1 Å². The molecule has 1 aromatic rings. The molecular formula is C13H19ClN4O. The fourth-order valence-corrected chi connectivity index (χ4v) is 2.79. The molecule has 3 rings (SSSR count). The maximum absolute atomic E-state index is 6.26. The van der Waals surface area contributed by atoms with Crippen LogP contribution in [0.1, 0.15) is 25.7 Å². The topological polar surface area (TPSA) is 50.3 Å². The van der Waals surface area contributed by atoms with Gasteiger partial charge in [-0.3, -0.25) is 0 Å². The summed E-state index contributed by atoms with van der Waals surface area (Å²) in [6, 6.07) is 1.49. The minimum Gasteiger partial charge on any atom is -0.467 e. The van der Waals surface area contributed by atoms with Crippen LogP contribution in [0.3, 0.4) is 0 Å². The molecule has 104 valence electrons. The third-order valence-corrected chi connectivity index (χ3v) is 3.99. The van der Waals surface area contributed by atoms with E-state index in [9.17, 15) is 0 Å². The summed E-state index contributed by atoms with van der Waals surface area (Å²) in [6.45, 7) is 2.08. The molecule has 1 aliphatic heterocycles. The molecule has 0 spiro atoms. The minimum absolute atomic E-state index is 0.379. The maximum Gasteiger partial charge on any atom is 0.318 e. The Morgan fingerprint density at radius 3 is 2.95 bits per heavy atom. The summed E-state index contributed by atoms with van der Waals surface area (Å²) in [5, 5.41) is 4.13. The Kier molecular flexibility index (Phi) is 3.75. The van der Waals surface area contributed by atoms with Gasteiger partial charge in [-0.15, -0.1) is 0 Å². The van der Waals surface area contributed by atoms with Crippen LogP contribution in [0.4, 0.5) is 5.82 Å². The van der Waals surface area contributed by atoms with Gasteiger partial charge in [-0.1, -0.05) is 11.6 Å².